The van der Waals surface area contributed by atoms with Gasteiger partial charge in [-0.05, 0) is 0 Å². The molecule has 0 N–H and O–H groups in total. The summed E-state index contributed by atoms with van der Waals surface area (Å²) in [6.07, 6.45) is 2.10. The number of carbonyl (C=O) groups is 1. The van der Waals surface area contributed by atoms with Gasteiger partial charge in [0.15, 0.2) is 15.8 Å². The molecular weight excluding hydrogens is 276 g/mol. The monoisotopic (exact) mass is 286 g/mol. The van der Waals surface area contributed by atoms with Crippen molar-refractivity contribution in [3.8, 4) is 10.0 Å². The van der Waals surface area contributed by atoms with Gasteiger partial charge in [-0.1, -0.05) is 30.3 Å². The second-order valence-corrected chi connectivity index (χ2v) is 5.70. The number of Topliss-reactive ketones (excluding diaryl/α,β-unsaturated/α-hetero) is 1. The predicted octanol–water partition coefficient (Wildman–Crippen LogP) is 3.69. The van der Waals surface area contributed by atoms with E-state index in [0.29, 0.717) is 6.42 Å². The largest absolute Gasteiger partial charge is 0.294 e. The predicted molar refractivity (Wildman–Crippen MR) is 77.7 cm³/mol. The lowest BCUT2D eigenvalue weighted by Gasteiger charge is -1.97. The maximum absolute atomic E-state index is 12.1. The normalized spacial score (nSPS) is 10.5. The number of nitrogens with zero attached hydrogens (tertiary/aromatic N) is 2. The lowest BCUT2D eigenvalue weighted by molar-refractivity contribution is 0.0992. The molecule has 94 valence electrons. The molecule has 0 saturated carbocycles. The molecule has 0 fully saturated rings. The van der Waals surface area contributed by atoms with Crippen LogP contribution in [0, 0.1) is 0 Å². The number of thiazole rings is 2. The van der Waals surface area contributed by atoms with Crippen molar-refractivity contribution in [1.29, 1.82) is 0 Å². The van der Waals surface area contributed by atoms with E-state index in [0.717, 1.165) is 21.3 Å². The van der Waals surface area contributed by atoms with Gasteiger partial charge >= 0.3 is 0 Å². The first-order chi connectivity index (χ1) is 9.33. The Hall–Kier alpha value is -1.85. The van der Waals surface area contributed by atoms with Crippen LogP contribution in [0.25, 0.3) is 10.0 Å². The number of hydrogen-bond acceptors (Lipinski definition) is 5. The van der Waals surface area contributed by atoms with Crippen LogP contribution in [0.3, 0.4) is 0 Å². The molecule has 1 aromatic carbocycles. The zero-order valence-electron chi connectivity index (χ0n) is 9.95. The van der Waals surface area contributed by atoms with Crippen LogP contribution >= 0.6 is 22.7 Å². The number of ketones is 1. The maximum atomic E-state index is 12.1. The summed E-state index contributed by atoms with van der Waals surface area (Å²) in [5.41, 5.74) is 1.54. The van der Waals surface area contributed by atoms with Crippen LogP contribution in [0.4, 0.5) is 0 Å². The van der Waals surface area contributed by atoms with Crippen molar-refractivity contribution in [3.63, 3.8) is 0 Å². The van der Waals surface area contributed by atoms with E-state index in [9.17, 15) is 4.79 Å². The molecule has 5 heteroatoms. The van der Waals surface area contributed by atoms with Gasteiger partial charge in [-0.2, -0.15) is 0 Å². The fraction of sp³-hybridized carbons (Fsp3) is 0.0714. The molecular formula is C14H10N2OS2. The van der Waals surface area contributed by atoms with Gasteiger partial charge in [-0.25, -0.2) is 9.97 Å². The van der Waals surface area contributed by atoms with Crippen molar-refractivity contribution in [2.75, 3.05) is 0 Å². The van der Waals surface area contributed by atoms with E-state index in [1.54, 1.807) is 17.5 Å². The quantitative estimate of drug-likeness (QED) is 0.687. The fourth-order valence-electron chi connectivity index (χ4n) is 1.71. The molecule has 0 aliphatic carbocycles. The van der Waals surface area contributed by atoms with Crippen LogP contribution in [-0.2, 0) is 6.42 Å². The summed E-state index contributed by atoms with van der Waals surface area (Å²) >= 11 is 3.09. The Labute approximate surface area is 118 Å². The molecule has 0 bridgehead atoms. The van der Waals surface area contributed by atoms with Gasteiger partial charge in [-0.3, -0.25) is 4.79 Å². The molecule has 2 heterocycles. The molecule has 0 unspecified atom stereocenters. The van der Waals surface area contributed by atoms with E-state index >= 15 is 0 Å². The first kappa shape index (κ1) is 12.2. The standard InChI is InChI=1S/C14H10N2OS2/c17-12(10-4-2-1-3-5-10)8-11-9-19-14(16-11)13-15-6-7-18-13/h1-7,9H,8H2. The van der Waals surface area contributed by atoms with E-state index in [2.05, 4.69) is 9.97 Å². The van der Waals surface area contributed by atoms with Crippen LogP contribution in [-0.4, -0.2) is 15.8 Å². The van der Waals surface area contributed by atoms with Crippen LogP contribution < -0.4 is 0 Å². The van der Waals surface area contributed by atoms with Gasteiger partial charge in [0, 0.05) is 22.5 Å². The average Bonchev–Trinajstić information content (AvgIpc) is 3.10. The van der Waals surface area contributed by atoms with Crippen LogP contribution in [0.1, 0.15) is 16.1 Å². The molecule has 0 aliphatic heterocycles. The Morgan fingerprint density at radius 3 is 2.68 bits per heavy atom. The van der Waals surface area contributed by atoms with E-state index in [1.807, 2.05) is 41.1 Å². The van der Waals surface area contributed by atoms with Gasteiger partial charge in [0.25, 0.3) is 0 Å². The third-order valence-corrected chi connectivity index (χ3v) is 4.41. The van der Waals surface area contributed by atoms with Crippen molar-refractivity contribution in [2.45, 2.75) is 6.42 Å². The van der Waals surface area contributed by atoms with Crippen LogP contribution in [0.2, 0.25) is 0 Å². The number of rotatable bonds is 4. The molecule has 0 amide bonds. The third-order valence-electron chi connectivity index (χ3n) is 2.60. The van der Waals surface area contributed by atoms with E-state index < -0.39 is 0 Å². The second kappa shape index (κ2) is 5.42. The SMILES string of the molecule is O=C(Cc1csc(-c2nccs2)n1)c1ccccc1. The van der Waals surface area contributed by atoms with Crippen molar-refractivity contribution in [2.24, 2.45) is 0 Å². The smallest absolute Gasteiger partial charge is 0.168 e. The van der Waals surface area contributed by atoms with Crippen LogP contribution in [0.15, 0.2) is 47.3 Å². The summed E-state index contributed by atoms with van der Waals surface area (Å²) < 4.78 is 0. The van der Waals surface area contributed by atoms with Gasteiger partial charge in [0.05, 0.1) is 12.1 Å². The molecule has 3 nitrogen and oxygen atoms in total. The molecule has 0 saturated heterocycles. The number of aromatic nitrogens is 2. The first-order valence-electron chi connectivity index (χ1n) is 5.75. The summed E-state index contributed by atoms with van der Waals surface area (Å²) in [6.45, 7) is 0. The highest BCUT2D eigenvalue weighted by Crippen LogP contribution is 2.25. The summed E-state index contributed by atoms with van der Waals surface area (Å²) in [7, 11) is 0. The minimum Gasteiger partial charge on any atom is -0.294 e. The molecule has 0 atom stereocenters. The minimum atomic E-state index is 0.0941. The average molecular weight is 286 g/mol. The highest BCUT2D eigenvalue weighted by Gasteiger charge is 2.11. The van der Waals surface area contributed by atoms with Crippen molar-refractivity contribution in [3.05, 3.63) is 58.5 Å². The second-order valence-electron chi connectivity index (χ2n) is 3.95. The molecule has 3 rings (SSSR count). The molecule has 0 spiro atoms. The lowest BCUT2D eigenvalue weighted by atomic mass is 10.1. The summed E-state index contributed by atoms with van der Waals surface area (Å²) in [5, 5.41) is 5.64. The Kier molecular flexibility index (Phi) is 3.48. The number of carbonyl (C=O) groups excluding carboxylic acids is 1. The highest BCUT2D eigenvalue weighted by atomic mass is 32.1. The van der Waals surface area contributed by atoms with Crippen molar-refractivity contribution in [1.82, 2.24) is 9.97 Å². The van der Waals surface area contributed by atoms with Gasteiger partial charge < -0.3 is 0 Å². The van der Waals surface area contributed by atoms with Crippen molar-refractivity contribution >= 4 is 28.5 Å². The summed E-state index contributed by atoms with van der Waals surface area (Å²) in [4.78, 5) is 20.7. The Morgan fingerprint density at radius 2 is 1.95 bits per heavy atom. The van der Waals surface area contributed by atoms with E-state index in [4.69, 9.17) is 0 Å². The van der Waals surface area contributed by atoms with E-state index in [-0.39, 0.29) is 5.78 Å². The molecule has 0 aliphatic rings. The number of hydrogen-bond donors (Lipinski definition) is 0. The lowest BCUT2D eigenvalue weighted by Crippen LogP contribution is -2.03. The van der Waals surface area contributed by atoms with Crippen LogP contribution in [0.5, 0.6) is 0 Å². The zero-order chi connectivity index (χ0) is 13.1. The topological polar surface area (TPSA) is 42.9 Å². The Balaban J connectivity index is 1.76. The van der Waals surface area contributed by atoms with Crippen molar-refractivity contribution < 1.29 is 4.79 Å². The highest BCUT2D eigenvalue weighted by molar-refractivity contribution is 7.19. The summed E-state index contributed by atoms with van der Waals surface area (Å²) in [6, 6.07) is 9.30. The zero-order valence-corrected chi connectivity index (χ0v) is 11.6. The third kappa shape index (κ3) is 2.77. The number of benzene rings is 1. The molecule has 3 aromatic rings. The summed E-state index contributed by atoms with van der Waals surface area (Å²) in [5.74, 6) is 0.0941. The molecule has 2 aromatic heterocycles. The van der Waals surface area contributed by atoms with E-state index in [1.165, 1.54) is 11.3 Å². The van der Waals surface area contributed by atoms with Gasteiger partial charge in [0.1, 0.15) is 0 Å². The molecule has 0 radical (unpaired) electrons. The van der Waals surface area contributed by atoms with Gasteiger partial charge in [-0.15, -0.1) is 22.7 Å². The Bertz CT molecular complexity index is 675. The fourth-order valence-corrected chi connectivity index (χ4v) is 3.22. The molecule has 19 heavy (non-hydrogen) atoms. The Morgan fingerprint density at radius 1 is 1.11 bits per heavy atom. The first-order valence-corrected chi connectivity index (χ1v) is 7.51. The van der Waals surface area contributed by atoms with Gasteiger partial charge in [0.2, 0.25) is 0 Å². The minimum absolute atomic E-state index is 0.0941. The maximum Gasteiger partial charge on any atom is 0.168 e.